The van der Waals surface area contributed by atoms with E-state index in [1.54, 1.807) is 36.4 Å². The molecule has 0 aliphatic heterocycles. The molecule has 3 rings (SSSR count). The Bertz CT molecular complexity index is 937. The minimum Gasteiger partial charge on any atom is -0.280 e. The number of tetrazole rings is 1. The maximum Gasteiger partial charge on any atom is 0.261 e. The molecule has 0 saturated heterocycles. The number of hydrogen-bond acceptors (Lipinski definition) is 5. The maximum atomic E-state index is 12.6. The fourth-order valence-electron chi connectivity index (χ4n) is 2.42. The molecule has 7 nitrogen and oxygen atoms in total. The van der Waals surface area contributed by atoms with Crippen molar-refractivity contribution in [2.75, 3.05) is 4.72 Å². The van der Waals surface area contributed by atoms with Gasteiger partial charge in [-0.05, 0) is 58.7 Å². The molecule has 0 aliphatic carbocycles. The van der Waals surface area contributed by atoms with Crippen LogP contribution in [-0.4, -0.2) is 28.6 Å². The van der Waals surface area contributed by atoms with Gasteiger partial charge in [-0.25, -0.2) is 13.1 Å². The van der Waals surface area contributed by atoms with Crippen LogP contribution in [0, 0.1) is 0 Å². The standard InChI is InChI=1S/C17H19N5O2S/c1-3-13(2)14-7-9-17(10-8-14)25(23,24)19-15-5-4-6-16(11-15)22-12-18-20-21-22/h4-13,19H,3H2,1-2H3. The number of nitrogens with zero attached hydrogens (tertiary/aromatic N) is 4. The van der Waals surface area contributed by atoms with E-state index in [0.717, 1.165) is 12.0 Å². The van der Waals surface area contributed by atoms with Crippen molar-refractivity contribution in [3.8, 4) is 5.69 Å². The summed E-state index contributed by atoms with van der Waals surface area (Å²) in [6, 6.07) is 13.9. The van der Waals surface area contributed by atoms with Crippen molar-refractivity contribution in [3.05, 3.63) is 60.4 Å². The number of hydrogen-bond donors (Lipinski definition) is 1. The molecule has 0 amide bonds. The smallest absolute Gasteiger partial charge is 0.261 e. The van der Waals surface area contributed by atoms with Crippen LogP contribution < -0.4 is 4.72 Å². The molecule has 0 bridgehead atoms. The zero-order chi connectivity index (χ0) is 17.9. The summed E-state index contributed by atoms with van der Waals surface area (Å²) in [6.07, 6.45) is 2.45. The monoisotopic (exact) mass is 357 g/mol. The van der Waals surface area contributed by atoms with Crippen LogP contribution in [0.15, 0.2) is 59.8 Å². The molecular weight excluding hydrogens is 338 g/mol. The zero-order valence-corrected chi connectivity index (χ0v) is 14.8. The molecule has 3 aromatic rings. The van der Waals surface area contributed by atoms with Gasteiger partial charge in [0.15, 0.2) is 0 Å². The average molecular weight is 357 g/mol. The minimum absolute atomic E-state index is 0.229. The summed E-state index contributed by atoms with van der Waals surface area (Å²) in [5.74, 6) is 0.401. The second-order valence-electron chi connectivity index (χ2n) is 5.79. The number of benzene rings is 2. The van der Waals surface area contributed by atoms with Gasteiger partial charge in [-0.2, -0.15) is 0 Å². The van der Waals surface area contributed by atoms with Crippen molar-refractivity contribution in [1.29, 1.82) is 0 Å². The molecule has 0 saturated carbocycles. The summed E-state index contributed by atoms with van der Waals surface area (Å²) in [4.78, 5) is 0.229. The molecule has 1 aromatic heterocycles. The molecular formula is C17H19N5O2S. The Balaban J connectivity index is 1.83. The van der Waals surface area contributed by atoms with E-state index in [2.05, 4.69) is 34.1 Å². The maximum absolute atomic E-state index is 12.6. The van der Waals surface area contributed by atoms with Crippen molar-refractivity contribution in [2.24, 2.45) is 0 Å². The van der Waals surface area contributed by atoms with Crippen LogP contribution in [0.4, 0.5) is 5.69 Å². The summed E-state index contributed by atoms with van der Waals surface area (Å²) >= 11 is 0. The third-order valence-electron chi connectivity index (χ3n) is 4.08. The van der Waals surface area contributed by atoms with E-state index in [1.807, 2.05) is 12.1 Å². The highest BCUT2D eigenvalue weighted by molar-refractivity contribution is 7.92. The Morgan fingerprint density at radius 1 is 1.16 bits per heavy atom. The number of aromatic nitrogens is 4. The number of anilines is 1. The van der Waals surface area contributed by atoms with Gasteiger partial charge in [0, 0.05) is 0 Å². The van der Waals surface area contributed by atoms with E-state index in [9.17, 15) is 8.42 Å². The second kappa shape index (κ2) is 7.02. The molecule has 1 unspecified atom stereocenters. The fraction of sp³-hybridized carbons (Fsp3) is 0.235. The fourth-order valence-corrected chi connectivity index (χ4v) is 3.47. The zero-order valence-electron chi connectivity index (χ0n) is 14.0. The van der Waals surface area contributed by atoms with Gasteiger partial charge in [-0.1, -0.05) is 32.0 Å². The van der Waals surface area contributed by atoms with Crippen LogP contribution in [0.2, 0.25) is 0 Å². The third kappa shape index (κ3) is 3.85. The van der Waals surface area contributed by atoms with Crippen LogP contribution in [0.25, 0.3) is 5.69 Å². The number of rotatable bonds is 6. The number of nitrogens with one attached hydrogen (secondary N) is 1. The van der Waals surface area contributed by atoms with Gasteiger partial charge in [0.1, 0.15) is 6.33 Å². The first-order valence-electron chi connectivity index (χ1n) is 7.96. The van der Waals surface area contributed by atoms with Gasteiger partial charge in [0.25, 0.3) is 10.0 Å². The molecule has 1 atom stereocenters. The Kier molecular flexibility index (Phi) is 4.80. The first-order chi connectivity index (χ1) is 12.0. The average Bonchev–Trinajstić information content (AvgIpc) is 3.16. The highest BCUT2D eigenvalue weighted by Gasteiger charge is 2.15. The normalized spacial score (nSPS) is 12.7. The van der Waals surface area contributed by atoms with Crippen molar-refractivity contribution < 1.29 is 8.42 Å². The van der Waals surface area contributed by atoms with Crippen LogP contribution in [0.5, 0.6) is 0 Å². The van der Waals surface area contributed by atoms with Gasteiger partial charge in [-0.15, -0.1) is 5.10 Å². The third-order valence-corrected chi connectivity index (χ3v) is 5.48. The van der Waals surface area contributed by atoms with E-state index in [-0.39, 0.29) is 4.90 Å². The van der Waals surface area contributed by atoms with E-state index in [1.165, 1.54) is 11.0 Å². The van der Waals surface area contributed by atoms with E-state index >= 15 is 0 Å². The lowest BCUT2D eigenvalue weighted by Crippen LogP contribution is -2.13. The predicted octanol–water partition coefficient (Wildman–Crippen LogP) is 2.98. The summed E-state index contributed by atoms with van der Waals surface area (Å²) < 4.78 is 29.2. The highest BCUT2D eigenvalue weighted by Crippen LogP contribution is 2.22. The van der Waals surface area contributed by atoms with Gasteiger partial charge >= 0.3 is 0 Å². The Morgan fingerprint density at radius 2 is 1.92 bits per heavy atom. The molecule has 130 valence electrons. The first-order valence-corrected chi connectivity index (χ1v) is 9.44. The molecule has 0 radical (unpaired) electrons. The molecule has 0 fully saturated rings. The van der Waals surface area contributed by atoms with Gasteiger partial charge in [0.05, 0.1) is 16.3 Å². The van der Waals surface area contributed by atoms with Gasteiger partial charge in [0.2, 0.25) is 0 Å². The lowest BCUT2D eigenvalue weighted by Gasteiger charge is -2.12. The predicted molar refractivity (Wildman–Crippen MR) is 95.1 cm³/mol. The SMILES string of the molecule is CCC(C)c1ccc(S(=O)(=O)Nc2cccc(-n3cnnn3)c2)cc1. The molecule has 1 N–H and O–H groups in total. The summed E-state index contributed by atoms with van der Waals surface area (Å²) in [5.41, 5.74) is 2.23. The molecule has 1 heterocycles. The molecule has 0 spiro atoms. The summed E-state index contributed by atoms with van der Waals surface area (Å²) in [6.45, 7) is 4.22. The van der Waals surface area contributed by atoms with E-state index in [0.29, 0.717) is 17.3 Å². The molecule has 25 heavy (non-hydrogen) atoms. The minimum atomic E-state index is -3.66. The van der Waals surface area contributed by atoms with Crippen LogP contribution in [-0.2, 0) is 10.0 Å². The van der Waals surface area contributed by atoms with Crippen LogP contribution in [0.1, 0.15) is 31.7 Å². The molecule has 2 aromatic carbocycles. The van der Waals surface area contributed by atoms with E-state index < -0.39 is 10.0 Å². The largest absolute Gasteiger partial charge is 0.280 e. The van der Waals surface area contributed by atoms with Crippen molar-refractivity contribution in [1.82, 2.24) is 20.2 Å². The lowest BCUT2D eigenvalue weighted by molar-refractivity contribution is 0.601. The Hall–Kier alpha value is -2.74. The lowest BCUT2D eigenvalue weighted by atomic mass is 9.99. The van der Waals surface area contributed by atoms with Crippen LogP contribution in [0.3, 0.4) is 0 Å². The Morgan fingerprint density at radius 3 is 2.56 bits per heavy atom. The first kappa shape index (κ1) is 17.1. The molecule has 0 aliphatic rings. The van der Waals surface area contributed by atoms with Crippen molar-refractivity contribution in [2.45, 2.75) is 31.1 Å². The van der Waals surface area contributed by atoms with Crippen molar-refractivity contribution >= 4 is 15.7 Å². The van der Waals surface area contributed by atoms with Crippen molar-refractivity contribution in [3.63, 3.8) is 0 Å². The summed E-state index contributed by atoms with van der Waals surface area (Å²) in [5, 5.41) is 10.9. The number of sulfonamides is 1. The molecule has 8 heteroatoms. The van der Waals surface area contributed by atoms with E-state index in [4.69, 9.17) is 0 Å². The quantitative estimate of drug-likeness (QED) is 0.732. The highest BCUT2D eigenvalue weighted by atomic mass is 32.2. The van der Waals surface area contributed by atoms with Crippen LogP contribution >= 0.6 is 0 Å². The van der Waals surface area contributed by atoms with Gasteiger partial charge in [-0.3, -0.25) is 4.72 Å². The summed E-state index contributed by atoms with van der Waals surface area (Å²) in [7, 11) is -3.66. The Labute approximate surface area is 146 Å². The topological polar surface area (TPSA) is 89.8 Å². The second-order valence-corrected chi connectivity index (χ2v) is 7.47. The van der Waals surface area contributed by atoms with Gasteiger partial charge < -0.3 is 0 Å².